The standard InChI is InChI=1S/C33H39ClF4N2O4/c1-19-16-39(11-9-25(19)21-5-8-30(35)28(14-21)32(43)44-2)24(18-41)6-7-27(20-3-4-20)31(42)40-12-10-26-22(17-40)13-23(15-29(26)34)33(36,37)38/h5,8,13-15,19-20,24-25,27,41H,3-4,6-7,9-12,16-18H2,1-2H3/t19-,24+,25-,27+/m0/s1. The maximum absolute atomic E-state index is 14.2. The van der Waals surface area contributed by atoms with Crippen molar-refractivity contribution in [2.75, 3.05) is 33.4 Å². The number of amides is 1. The number of fused-ring (bicyclic) bond motifs is 1. The topological polar surface area (TPSA) is 70.1 Å². The molecule has 5 rings (SSSR count). The molecule has 2 fully saturated rings. The van der Waals surface area contributed by atoms with Gasteiger partial charge in [-0.05, 0) is 104 Å². The number of halogens is 5. The van der Waals surface area contributed by atoms with E-state index in [0.717, 1.165) is 37.0 Å². The van der Waals surface area contributed by atoms with Crippen LogP contribution in [-0.2, 0) is 28.7 Å². The molecule has 1 N–H and O–H groups in total. The van der Waals surface area contributed by atoms with Crippen LogP contribution in [0.25, 0.3) is 0 Å². The van der Waals surface area contributed by atoms with E-state index in [1.807, 2.05) is 0 Å². The van der Waals surface area contributed by atoms with Crippen molar-refractivity contribution in [3.63, 3.8) is 0 Å². The largest absolute Gasteiger partial charge is 0.465 e. The summed E-state index contributed by atoms with van der Waals surface area (Å²) in [7, 11) is 1.22. The smallest absolute Gasteiger partial charge is 0.416 e. The minimum Gasteiger partial charge on any atom is -0.465 e. The molecule has 2 aromatic carbocycles. The maximum Gasteiger partial charge on any atom is 0.416 e. The molecule has 240 valence electrons. The Labute approximate surface area is 260 Å². The van der Waals surface area contributed by atoms with Crippen LogP contribution < -0.4 is 0 Å². The number of alkyl halides is 3. The average molecular weight is 639 g/mol. The summed E-state index contributed by atoms with van der Waals surface area (Å²) in [6.07, 6.45) is -0.224. The number of piperidine rings is 1. The van der Waals surface area contributed by atoms with E-state index in [4.69, 9.17) is 16.3 Å². The lowest BCUT2D eigenvalue weighted by Crippen LogP contribution is -2.47. The number of carbonyl (C=O) groups excluding carboxylic acids is 2. The zero-order valence-corrected chi connectivity index (χ0v) is 25.8. The predicted octanol–water partition coefficient (Wildman–Crippen LogP) is 6.46. The van der Waals surface area contributed by atoms with E-state index in [1.54, 1.807) is 17.0 Å². The molecule has 0 aromatic heterocycles. The Morgan fingerprint density at radius 2 is 1.86 bits per heavy atom. The first-order chi connectivity index (χ1) is 20.9. The molecule has 2 aromatic rings. The van der Waals surface area contributed by atoms with Gasteiger partial charge in [0.25, 0.3) is 0 Å². The van der Waals surface area contributed by atoms with Gasteiger partial charge in [0.15, 0.2) is 0 Å². The summed E-state index contributed by atoms with van der Waals surface area (Å²) in [5.41, 5.74) is 1.12. The fourth-order valence-electron chi connectivity index (χ4n) is 7.10. The number of carbonyl (C=O) groups is 2. The molecule has 0 radical (unpaired) electrons. The van der Waals surface area contributed by atoms with Gasteiger partial charge in [-0.25, -0.2) is 9.18 Å². The van der Waals surface area contributed by atoms with E-state index in [2.05, 4.69) is 11.8 Å². The summed E-state index contributed by atoms with van der Waals surface area (Å²) in [4.78, 5) is 29.7. The molecule has 0 bridgehead atoms. The number of ether oxygens (including phenoxy) is 1. The van der Waals surface area contributed by atoms with Gasteiger partial charge in [-0.15, -0.1) is 0 Å². The number of hydrogen-bond donors (Lipinski definition) is 1. The van der Waals surface area contributed by atoms with E-state index < -0.39 is 23.5 Å². The van der Waals surface area contributed by atoms with Crippen molar-refractivity contribution < 1.29 is 37.0 Å². The fraction of sp³-hybridized carbons (Fsp3) is 0.576. The summed E-state index contributed by atoms with van der Waals surface area (Å²) < 4.78 is 59.2. The molecule has 1 aliphatic carbocycles. The van der Waals surface area contributed by atoms with Crippen LogP contribution in [0, 0.1) is 23.6 Å². The molecule has 6 nitrogen and oxygen atoms in total. The van der Waals surface area contributed by atoms with Crippen LogP contribution in [-0.4, -0.2) is 66.2 Å². The van der Waals surface area contributed by atoms with Gasteiger partial charge in [-0.1, -0.05) is 24.6 Å². The van der Waals surface area contributed by atoms with Gasteiger partial charge in [0.1, 0.15) is 5.82 Å². The quantitative estimate of drug-likeness (QED) is 0.252. The van der Waals surface area contributed by atoms with Crippen molar-refractivity contribution >= 4 is 23.5 Å². The Bertz CT molecular complexity index is 1380. The van der Waals surface area contributed by atoms with Crippen LogP contribution in [0.4, 0.5) is 17.6 Å². The van der Waals surface area contributed by atoms with E-state index in [1.165, 1.54) is 13.2 Å². The Hall–Kier alpha value is -2.69. The number of esters is 1. The molecule has 1 saturated heterocycles. The predicted molar refractivity (Wildman–Crippen MR) is 158 cm³/mol. The van der Waals surface area contributed by atoms with Crippen molar-refractivity contribution in [2.45, 2.75) is 70.1 Å². The molecule has 11 heteroatoms. The summed E-state index contributed by atoms with van der Waals surface area (Å²) >= 11 is 6.20. The Balaban J connectivity index is 1.21. The van der Waals surface area contributed by atoms with E-state index in [0.29, 0.717) is 50.0 Å². The van der Waals surface area contributed by atoms with Crippen molar-refractivity contribution in [3.8, 4) is 0 Å². The first kappa shape index (κ1) is 32.7. The normalized spacial score (nSPS) is 22.3. The average Bonchev–Trinajstić information content (AvgIpc) is 3.84. The lowest BCUT2D eigenvalue weighted by atomic mass is 9.80. The third-order valence-corrected chi connectivity index (χ3v) is 10.1. The summed E-state index contributed by atoms with van der Waals surface area (Å²) in [5, 5.41) is 10.4. The molecule has 0 spiro atoms. The highest BCUT2D eigenvalue weighted by atomic mass is 35.5. The summed E-state index contributed by atoms with van der Waals surface area (Å²) in [5.74, 6) is -1.06. The van der Waals surface area contributed by atoms with Gasteiger partial charge in [-0.3, -0.25) is 9.69 Å². The van der Waals surface area contributed by atoms with Crippen molar-refractivity contribution in [2.24, 2.45) is 17.8 Å². The second-order valence-corrected chi connectivity index (χ2v) is 13.0. The van der Waals surface area contributed by atoms with Crippen molar-refractivity contribution in [3.05, 3.63) is 69.0 Å². The first-order valence-electron chi connectivity index (χ1n) is 15.3. The number of aliphatic hydroxyl groups excluding tert-OH is 1. The summed E-state index contributed by atoms with van der Waals surface area (Å²) in [6.45, 7) is 3.98. The van der Waals surface area contributed by atoms with Crippen LogP contribution in [0.5, 0.6) is 0 Å². The fourth-order valence-corrected chi connectivity index (χ4v) is 7.43. The zero-order valence-electron chi connectivity index (χ0n) is 25.0. The van der Waals surface area contributed by atoms with Crippen LogP contribution in [0.3, 0.4) is 0 Å². The maximum atomic E-state index is 14.2. The molecule has 2 aliphatic heterocycles. The third-order valence-electron chi connectivity index (χ3n) is 9.73. The van der Waals surface area contributed by atoms with E-state index >= 15 is 0 Å². The van der Waals surface area contributed by atoms with Gasteiger partial charge < -0.3 is 14.7 Å². The molecule has 3 aliphatic rings. The molecular weight excluding hydrogens is 600 g/mol. The molecule has 1 saturated carbocycles. The number of aliphatic hydroxyl groups is 1. The first-order valence-corrected chi connectivity index (χ1v) is 15.7. The Morgan fingerprint density at radius 3 is 2.50 bits per heavy atom. The molecule has 2 heterocycles. The second kappa shape index (κ2) is 13.3. The van der Waals surface area contributed by atoms with Crippen molar-refractivity contribution in [1.29, 1.82) is 0 Å². The molecule has 4 atom stereocenters. The number of benzene rings is 2. The van der Waals surface area contributed by atoms with Gasteiger partial charge in [-0.2, -0.15) is 13.2 Å². The lowest BCUT2D eigenvalue weighted by molar-refractivity contribution is -0.137. The monoisotopic (exact) mass is 638 g/mol. The second-order valence-electron chi connectivity index (χ2n) is 12.6. The Morgan fingerprint density at radius 1 is 1.11 bits per heavy atom. The highest BCUT2D eigenvalue weighted by Gasteiger charge is 2.41. The summed E-state index contributed by atoms with van der Waals surface area (Å²) in [6, 6.07) is 6.53. The number of nitrogens with zero attached hydrogens (tertiary/aromatic N) is 2. The Kier molecular flexibility index (Phi) is 9.92. The van der Waals surface area contributed by atoms with Gasteiger partial charge >= 0.3 is 12.1 Å². The zero-order chi connectivity index (χ0) is 31.8. The number of likely N-dealkylation sites (tertiary alicyclic amines) is 1. The molecular formula is C33H39ClF4N2O4. The van der Waals surface area contributed by atoms with Crippen LogP contribution in [0.15, 0.2) is 30.3 Å². The van der Waals surface area contributed by atoms with Gasteiger partial charge in [0.05, 0.1) is 24.8 Å². The molecule has 44 heavy (non-hydrogen) atoms. The van der Waals surface area contributed by atoms with E-state index in [9.17, 15) is 32.3 Å². The van der Waals surface area contributed by atoms with E-state index in [-0.39, 0.29) is 59.4 Å². The van der Waals surface area contributed by atoms with Crippen molar-refractivity contribution in [1.82, 2.24) is 9.80 Å². The van der Waals surface area contributed by atoms with Crippen LogP contribution in [0.2, 0.25) is 5.02 Å². The lowest BCUT2D eigenvalue weighted by Gasteiger charge is -2.41. The number of rotatable bonds is 9. The molecule has 1 amide bonds. The van der Waals surface area contributed by atoms with Crippen LogP contribution >= 0.6 is 11.6 Å². The SMILES string of the molecule is COC(=O)c1cc([C@H]2CCN([C@@H](CO)CC[C@@H](C(=O)N3CCc4c(Cl)cc(C(F)(F)F)cc4C3)C3CC3)C[C@@H]2C)ccc1F. The minimum absolute atomic E-state index is 0.0341. The van der Waals surface area contributed by atoms with Crippen LogP contribution in [0.1, 0.15) is 77.6 Å². The van der Waals surface area contributed by atoms with Gasteiger partial charge in [0, 0.05) is 36.6 Å². The highest BCUT2D eigenvalue weighted by molar-refractivity contribution is 6.31. The third kappa shape index (κ3) is 7.07. The molecule has 0 unspecified atom stereocenters. The number of methoxy groups -OCH3 is 1. The minimum atomic E-state index is -4.52. The number of hydrogen-bond acceptors (Lipinski definition) is 5. The van der Waals surface area contributed by atoms with Gasteiger partial charge in [0.2, 0.25) is 5.91 Å². The highest BCUT2D eigenvalue weighted by Crippen LogP contribution is 2.42.